The highest BCUT2D eigenvalue weighted by atomic mass is 19.3. The number of methoxy groups -OCH3 is 1. The standard InChI is InChI=1S/C27H31F3N4O5/c1-27(2,15-33-6-8-37-9-7-33)39-17-4-5-21-18(13-31-34(21)14-17)16-10-22(36-3)24(23(11-16)38-26(29)30)25(35)32-20-12-19(20)28/h4-5,10-11,13-14,19-20,26H,6-9,12,15H2,1-3H3,(H,32,35)/t19-,20+/m0/s1. The highest BCUT2D eigenvalue weighted by molar-refractivity contribution is 6.01. The number of fused-ring (bicyclic) bond motifs is 1. The Balaban J connectivity index is 1.42. The maximum absolute atomic E-state index is 13.3. The van der Waals surface area contributed by atoms with Gasteiger partial charge in [0, 0.05) is 31.6 Å². The van der Waals surface area contributed by atoms with E-state index in [1.807, 2.05) is 26.0 Å². The van der Waals surface area contributed by atoms with Gasteiger partial charge in [0.25, 0.3) is 5.91 Å². The lowest BCUT2D eigenvalue weighted by Gasteiger charge is -2.35. The molecule has 0 unspecified atom stereocenters. The number of halogens is 3. The molecule has 1 aliphatic heterocycles. The highest BCUT2D eigenvalue weighted by Gasteiger charge is 2.40. The minimum absolute atomic E-state index is 0.0147. The quantitative estimate of drug-likeness (QED) is 0.411. The molecule has 3 heterocycles. The molecule has 0 spiro atoms. The average Bonchev–Trinajstić information content (AvgIpc) is 3.40. The third-order valence-electron chi connectivity index (χ3n) is 6.66. The number of amides is 1. The van der Waals surface area contributed by atoms with Gasteiger partial charge in [-0.1, -0.05) is 0 Å². The van der Waals surface area contributed by atoms with Crippen LogP contribution < -0.4 is 19.5 Å². The van der Waals surface area contributed by atoms with Crippen molar-refractivity contribution in [3.05, 3.63) is 42.2 Å². The number of ether oxygens (including phenoxy) is 4. The second kappa shape index (κ2) is 10.9. The molecule has 2 fully saturated rings. The Morgan fingerprint density at radius 3 is 2.62 bits per heavy atom. The molecule has 5 rings (SSSR count). The molecule has 2 aliphatic rings. The molecule has 0 bridgehead atoms. The first-order valence-electron chi connectivity index (χ1n) is 12.7. The molecule has 2 aromatic heterocycles. The van der Waals surface area contributed by atoms with Gasteiger partial charge in [-0.3, -0.25) is 9.69 Å². The number of alkyl halides is 3. The molecule has 39 heavy (non-hydrogen) atoms. The number of nitrogens with one attached hydrogen (secondary N) is 1. The third kappa shape index (κ3) is 6.22. The smallest absolute Gasteiger partial charge is 0.387 e. The maximum atomic E-state index is 13.3. The number of hydrogen-bond donors (Lipinski definition) is 1. The summed E-state index contributed by atoms with van der Waals surface area (Å²) in [5, 5.41) is 6.90. The van der Waals surface area contributed by atoms with Crippen molar-refractivity contribution in [2.45, 2.75) is 44.7 Å². The van der Waals surface area contributed by atoms with Gasteiger partial charge in [0.1, 0.15) is 34.6 Å². The molecule has 1 saturated heterocycles. The third-order valence-corrected chi connectivity index (χ3v) is 6.66. The number of carbonyl (C=O) groups is 1. The van der Waals surface area contributed by atoms with Crippen molar-refractivity contribution < 1.29 is 36.9 Å². The van der Waals surface area contributed by atoms with Gasteiger partial charge in [-0.25, -0.2) is 8.91 Å². The fourth-order valence-electron chi connectivity index (χ4n) is 4.77. The fraction of sp³-hybridized carbons (Fsp3) is 0.481. The van der Waals surface area contributed by atoms with Gasteiger partial charge in [0.2, 0.25) is 0 Å². The summed E-state index contributed by atoms with van der Waals surface area (Å²) >= 11 is 0. The zero-order valence-corrected chi connectivity index (χ0v) is 22.0. The summed E-state index contributed by atoms with van der Waals surface area (Å²) in [5.74, 6) is -0.494. The molecule has 210 valence electrons. The van der Waals surface area contributed by atoms with Crippen LogP contribution in [0.1, 0.15) is 30.6 Å². The highest BCUT2D eigenvalue weighted by Crippen LogP contribution is 2.38. The van der Waals surface area contributed by atoms with Gasteiger partial charge >= 0.3 is 6.61 Å². The Kier molecular flexibility index (Phi) is 7.59. The van der Waals surface area contributed by atoms with E-state index in [-0.39, 0.29) is 23.5 Å². The topological polar surface area (TPSA) is 86.6 Å². The lowest BCUT2D eigenvalue weighted by atomic mass is 10.0. The van der Waals surface area contributed by atoms with Crippen molar-refractivity contribution >= 4 is 11.4 Å². The first-order valence-corrected chi connectivity index (χ1v) is 12.7. The number of rotatable bonds is 10. The van der Waals surface area contributed by atoms with E-state index in [0.29, 0.717) is 35.6 Å². The number of carbonyl (C=O) groups excluding carboxylic acids is 1. The lowest BCUT2D eigenvalue weighted by molar-refractivity contribution is -0.0502. The first-order chi connectivity index (χ1) is 18.6. The second-order valence-corrected chi connectivity index (χ2v) is 10.3. The number of morpholine rings is 1. The summed E-state index contributed by atoms with van der Waals surface area (Å²) in [5.41, 5.74) is 1.04. The minimum Gasteiger partial charge on any atom is -0.496 e. The molecule has 1 saturated carbocycles. The van der Waals surface area contributed by atoms with Crippen LogP contribution in [-0.4, -0.2) is 84.8 Å². The Bertz CT molecular complexity index is 1340. The Morgan fingerprint density at radius 1 is 1.23 bits per heavy atom. The molecule has 2 atom stereocenters. The number of nitrogens with zero attached hydrogens (tertiary/aromatic N) is 3. The largest absolute Gasteiger partial charge is 0.496 e. The SMILES string of the molecule is COc1cc(-c2cnn3cc(OC(C)(C)CN4CCOCC4)ccc23)cc(OC(F)F)c1C(=O)N[C@@H]1C[C@@H]1F. The number of aromatic nitrogens is 2. The van der Waals surface area contributed by atoms with Crippen LogP contribution in [0.25, 0.3) is 16.6 Å². The van der Waals surface area contributed by atoms with Crippen molar-refractivity contribution in [1.82, 2.24) is 19.8 Å². The monoisotopic (exact) mass is 548 g/mol. The average molecular weight is 549 g/mol. The van der Waals surface area contributed by atoms with E-state index in [9.17, 15) is 18.0 Å². The molecule has 1 amide bonds. The van der Waals surface area contributed by atoms with Gasteiger partial charge in [0.15, 0.2) is 0 Å². The van der Waals surface area contributed by atoms with E-state index in [2.05, 4.69) is 15.3 Å². The molecule has 0 radical (unpaired) electrons. The molecule has 1 aliphatic carbocycles. The van der Waals surface area contributed by atoms with Crippen LogP contribution in [0.3, 0.4) is 0 Å². The molecule has 1 aromatic carbocycles. The van der Waals surface area contributed by atoms with Crippen LogP contribution in [0.15, 0.2) is 36.7 Å². The van der Waals surface area contributed by atoms with Crippen LogP contribution >= 0.6 is 0 Å². The molecule has 9 nitrogen and oxygen atoms in total. The number of pyridine rings is 1. The van der Waals surface area contributed by atoms with E-state index in [4.69, 9.17) is 18.9 Å². The summed E-state index contributed by atoms with van der Waals surface area (Å²) < 4.78 is 63.3. The van der Waals surface area contributed by atoms with Crippen LogP contribution in [0.4, 0.5) is 13.2 Å². The van der Waals surface area contributed by atoms with Gasteiger partial charge in [-0.2, -0.15) is 13.9 Å². The Labute approximate surface area is 223 Å². The summed E-state index contributed by atoms with van der Waals surface area (Å²) in [7, 11) is 1.31. The van der Waals surface area contributed by atoms with Crippen molar-refractivity contribution in [1.29, 1.82) is 0 Å². The summed E-state index contributed by atoms with van der Waals surface area (Å²) in [6.07, 6.45) is 2.35. The molecular formula is C27H31F3N4O5. The number of benzene rings is 1. The maximum Gasteiger partial charge on any atom is 0.387 e. The Hall–Kier alpha value is -3.51. The summed E-state index contributed by atoms with van der Waals surface area (Å²) in [6, 6.07) is 5.85. The molecular weight excluding hydrogens is 517 g/mol. The summed E-state index contributed by atoms with van der Waals surface area (Å²) in [4.78, 5) is 15.1. The van der Waals surface area contributed by atoms with E-state index >= 15 is 0 Å². The minimum atomic E-state index is -3.18. The number of hydrogen-bond acceptors (Lipinski definition) is 7. The first kappa shape index (κ1) is 27.1. The Morgan fingerprint density at radius 2 is 1.95 bits per heavy atom. The lowest BCUT2D eigenvalue weighted by Crippen LogP contribution is -2.47. The van der Waals surface area contributed by atoms with Crippen molar-refractivity contribution in [3.63, 3.8) is 0 Å². The van der Waals surface area contributed by atoms with Crippen molar-refractivity contribution in [2.75, 3.05) is 40.0 Å². The molecule has 12 heteroatoms. The molecule has 1 N–H and O–H groups in total. The van der Waals surface area contributed by atoms with Gasteiger partial charge in [-0.05, 0) is 43.7 Å². The zero-order chi connectivity index (χ0) is 27.7. The van der Waals surface area contributed by atoms with E-state index in [0.717, 1.165) is 19.6 Å². The van der Waals surface area contributed by atoms with Crippen molar-refractivity contribution in [2.24, 2.45) is 0 Å². The zero-order valence-electron chi connectivity index (χ0n) is 22.0. The summed E-state index contributed by atoms with van der Waals surface area (Å²) in [6.45, 7) is 4.71. The van der Waals surface area contributed by atoms with Crippen molar-refractivity contribution in [3.8, 4) is 28.4 Å². The van der Waals surface area contributed by atoms with Gasteiger partial charge in [0.05, 0.1) is 44.3 Å². The second-order valence-electron chi connectivity index (χ2n) is 10.3. The van der Waals surface area contributed by atoms with E-state index in [1.54, 1.807) is 23.0 Å². The molecule has 3 aromatic rings. The fourth-order valence-corrected chi connectivity index (χ4v) is 4.77. The normalized spacial score (nSPS) is 19.8. The van der Waals surface area contributed by atoms with Crippen LogP contribution in [0, 0.1) is 0 Å². The van der Waals surface area contributed by atoms with Crippen LogP contribution in [0.5, 0.6) is 17.2 Å². The predicted octanol–water partition coefficient (Wildman–Crippen LogP) is 3.94. The van der Waals surface area contributed by atoms with E-state index < -0.39 is 30.3 Å². The van der Waals surface area contributed by atoms with Gasteiger partial charge in [-0.15, -0.1) is 0 Å². The van der Waals surface area contributed by atoms with Crippen LogP contribution in [0.2, 0.25) is 0 Å². The van der Waals surface area contributed by atoms with Gasteiger partial charge < -0.3 is 24.3 Å². The van der Waals surface area contributed by atoms with E-state index in [1.165, 1.54) is 13.2 Å². The predicted molar refractivity (Wildman–Crippen MR) is 137 cm³/mol. The van der Waals surface area contributed by atoms with Crippen LogP contribution in [-0.2, 0) is 4.74 Å².